The van der Waals surface area contributed by atoms with Gasteiger partial charge in [-0.05, 0) is 49.9 Å². The molecule has 0 aliphatic heterocycles. The molecule has 2 atom stereocenters. The van der Waals surface area contributed by atoms with Crippen molar-refractivity contribution in [3.8, 4) is 5.75 Å². The Morgan fingerprint density at radius 1 is 1.31 bits per heavy atom. The summed E-state index contributed by atoms with van der Waals surface area (Å²) in [6.07, 6.45) is 2.20. The Hall–Kier alpha value is -1.02. The summed E-state index contributed by atoms with van der Waals surface area (Å²) >= 11 is 0. The van der Waals surface area contributed by atoms with Crippen LogP contribution >= 0.6 is 0 Å². The smallest absolute Gasteiger partial charge is 0.115 e. The van der Waals surface area contributed by atoms with Crippen LogP contribution in [0.4, 0.5) is 0 Å². The molecule has 0 aliphatic rings. The Balaban J connectivity index is 2.42. The van der Waals surface area contributed by atoms with Gasteiger partial charge in [0.15, 0.2) is 0 Å². The maximum absolute atomic E-state index is 9.38. The molecular formula is C14H23NO. The standard InChI is InChI=1S/C14H23NO/c1-4-15-12(3)8-11(2)9-13-6-5-7-14(16)10-13/h5-7,10-12,15-16H,4,8-9H2,1-3H3. The van der Waals surface area contributed by atoms with Crippen LogP contribution in [0.15, 0.2) is 24.3 Å². The monoisotopic (exact) mass is 221 g/mol. The van der Waals surface area contributed by atoms with Gasteiger partial charge in [0, 0.05) is 6.04 Å². The molecule has 1 aromatic rings. The third-order valence-corrected chi connectivity index (χ3v) is 2.80. The predicted molar refractivity (Wildman–Crippen MR) is 68.7 cm³/mol. The highest BCUT2D eigenvalue weighted by Gasteiger charge is 2.08. The zero-order valence-corrected chi connectivity index (χ0v) is 10.5. The lowest BCUT2D eigenvalue weighted by atomic mass is 9.95. The van der Waals surface area contributed by atoms with E-state index in [9.17, 15) is 5.11 Å². The molecule has 0 saturated heterocycles. The van der Waals surface area contributed by atoms with Crippen LogP contribution in [0.2, 0.25) is 0 Å². The summed E-state index contributed by atoms with van der Waals surface area (Å²) in [5.74, 6) is 1.00. The molecule has 1 aromatic carbocycles. The molecule has 2 nitrogen and oxygen atoms in total. The van der Waals surface area contributed by atoms with Crippen LogP contribution in [0.5, 0.6) is 5.75 Å². The van der Waals surface area contributed by atoms with Crippen molar-refractivity contribution < 1.29 is 5.11 Å². The number of aromatic hydroxyl groups is 1. The predicted octanol–water partition coefficient (Wildman–Crippen LogP) is 2.96. The fourth-order valence-electron chi connectivity index (χ4n) is 2.20. The van der Waals surface area contributed by atoms with Gasteiger partial charge in [-0.25, -0.2) is 0 Å². The normalized spacial score (nSPS) is 14.7. The molecule has 90 valence electrons. The van der Waals surface area contributed by atoms with E-state index >= 15 is 0 Å². The van der Waals surface area contributed by atoms with Crippen molar-refractivity contribution >= 4 is 0 Å². The molecule has 0 radical (unpaired) electrons. The Labute approximate surface area is 98.7 Å². The number of hydrogen-bond donors (Lipinski definition) is 2. The van der Waals surface area contributed by atoms with E-state index in [0.717, 1.165) is 13.0 Å². The maximum atomic E-state index is 9.38. The second kappa shape index (κ2) is 6.54. The number of phenols is 1. The molecule has 2 N–H and O–H groups in total. The van der Waals surface area contributed by atoms with Crippen LogP contribution in [-0.4, -0.2) is 17.7 Å². The molecule has 0 aliphatic carbocycles. The molecule has 0 bridgehead atoms. The largest absolute Gasteiger partial charge is 0.508 e. The van der Waals surface area contributed by atoms with Crippen molar-refractivity contribution in [3.63, 3.8) is 0 Å². The summed E-state index contributed by atoms with van der Waals surface area (Å²) in [7, 11) is 0. The fraction of sp³-hybridized carbons (Fsp3) is 0.571. The first kappa shape index (κ1) is 13.0. The molecule has 1 rings (SSSR count). The van der Waals surface area contributed by atoms with E-state index in [1.54, 1.807) is 6.07 Å². The molecule has 0 spiro atoms. The highest BCUT2D eigenvalue weighted by Crippen LogP contribution is 2.17. The average molecular weight is 221 g/mol. The van der Waals surface area contributed by atoms with Crippen LogP contribution in [0.1, 0.15) is 32.8 Å². The first-order valence-corrected chi connectivity index (χ1v) is 6.13. The lowest BCUT2D eigenvalue weighted by molar-refractivity contribution is 0.425. The van der Waals surface area contributed by atoms with E-state index in [0.29, 0.717) is 17.7 Å². The van der Waals surface area contributed by atoms with E-state index < -0.39 is 0 Å². The highest BCUT2D eigenvalue weighted by atomic mass is 16.3. The summed E-state index contributed by atoms with van der Waals surface area (Å²) in [5.41, 5.74) is 1.22. The Morgan fingerprint density at radius 3 is 2.69 bits per heavy atom. The molecule has 2 heteroatoms. The van der Waals surface area contributed by atoms with Gasteiger partial charge in [0.25, 0.3) is 0 Å². The summed E-state index contributed by atoms with van der Waals surface area (Å²) in [5, 5.41) is 12.8. The van der Waals surface area contributed by atoms with Gasteiger partial charge < -0.3 is 10.4 Å². The summed E-state index contributed by atoms with van der Waals surface area (Å²) in [6.45, 7) is 7.65. The van der Waals surface area contributed by atoms with E-state index in [2.05, 4.69) is 32.2 Å². The van der Waals surface area contributed by atoms with Gasteiger partial charge in [0.1, 0.15) is 5.75 Å². The van der Waals surface area contributed by atoms with Crippen molar-refractivity contribution in [3.05, 3.63) is 29.8 Å². The van der Waals surface area contributed by atoms with Crippen molar-refractivity contribution in [2.75, 3.05) is 6.54 Å². The van der Waals surface area contributed by atoms with Gasteiger partial charge in [-0.2, -0.15) is 0 Å². The highest BCUT2D eigenvalue weighted by molar-refractivity contribution is 5.27. The third kappa shape index (κ3) is 4.67. The van der Waals surface area contributed by atoms with E-state index in [-0.39, 0.29) is 0 Å². The van der Waals surface area contributed by atoms with Crippen LogP contribution < -0.4 is 5.32 Å². The molecule has 0 fully saturated rings. The van der Waals surface area contributed by atoms with Crippen molar-refractivity contribution in [2.45, 2.75) is 39.7 Å². The zero-order chi connectivity index (χ0) is 12.0. The van der Waals surface area contributed by atoms with E-state index in [4.69, 9.17) is 0 Å². The Morgan fingerprint density at radius 2 is 2.06 bits per heavy atom. The minimum Gasteiger partial charge on any atom is -0.508 e. The molecule has 0 heterocycles. The van der Waals surface area contributed by atoms with Crippen LogP contribution in [0.3, 0.4) is 0 Å². The topological polar surface area (TPSA) is 32.3 Å². The minimum atomic E-state index is 0.365. The van der Waals surface area contributed by atoms with E-state index in [1.165, 1.54) is 12.0 Å². The van der Waals surface area contributed by atoms with Gasteiger partial charge in [0.05, 0.1) is 0 Å². The summed E-state index contributed by atoms with van der Waals surface area (Å²) in [4.78, 5) is 0. The van der Waals surface area contributed by atoms with Crippen molar-refractivity contribution in [1.29, 1.82) is 0 Å². The number of phenolic OH excluding ortho intramolecular Hbond substituents is 1. The van der Waals surface area contributed by atoms with E-state index in [1.807, 2.05) is 12.1 Å². The second-order valence-corrected chi connectivity index (χ2v) is 4.67. The molecule has 0 aromatic heterocycles. The fourth-order valence-corrected chi connectivity index (χ4v) is 2.20. The van der Waals surface area contributed by atoms with Gasteiger partial charge in [-0.3, -0.25) is 0 Å². The number of benzene rings is 1. The number of nitrogens with one attached hydrogen (secondary N) is 1. The molecular weight excluding hydrogens is 198 g/mol. The second-order valence-electron chi connectivity index (χ2n) is 4.67. The Bertz CT molecular complexity index is 311. The molecule has 0 saturated carbocycles. The zero-order valence-electron chi connectivity index (χ0n) is 10.5. The first-order chi connectivity index (χ1) is 7.61. The van der Waals surface area contributed by atoms with Crippen LogP contribution in [0, 0.1) is 5.92 Å². The molecule has 0 amide bonds. The van der Waals surface area contributed by atoms with Crippen molar-refractivity contribution in [1.82, 2.24) is 5.32 Å². The lowest BCUT2D eigenvalue weighted by Crippen LogP contribution is -2.27. The van der Waals surface area contributed by atoms with Gasteiger partial charge >= 0.3 is 0 Å². The minimum absolute atomic E-state index is 0.365. The summed E-state index contributed by atoms with van der Waals surface area (Å²) in [6, 6.07) is 8.13. The quantitative estimate of drug-likeness (QED) is 0.774. The number of hydrogen-bond acceptors (Lipinski definition) is 2. The van der Waals surface area contributed by atoms with Gasteiger partial charge in [-0.1, -0.05) is 26.0 Å². The van der Waals surface area contributed by atoms with Crippen LogP contribution in [-0.2, 0) is 6.42 Å². The Kier molecular flexibility index (Phi) is 5.33. The maximum Gasteiger partial charge on any atom is 0.115 e. The van der Waals surface area contributed by atoms with Crippen LogP contribution in [0.25, 0.3) is 0 Å². The number of rotatable bonds is 6. The summed E-state index contributed by atoms with van der Waals surface area (Å²) < 4.78 is 0. The molecule has 16 heavy (non-hydrogen) atoms. The third-order valence-electron chi connectivity index (χ3n) is 2.80. The average Bonchev–Trinajstić information content (AvgIpc) is 2.17. The van der Waals surface area contributed by atoms with Gasteiger partial charge in [-0.15, -0.1) is 0 Å². The van der Waals surface area contributed by atoms with Gasteiger partial charge in [0.2, 0.25) is 0 Å². The van der Waals surface area contributed by atoms with Crippen molar-refractivity contribution in [2.24, 2.45) is 5.92 Å². The SMILES string of the molecule is CCNC(C)CC(C)Cc1cccc(O)c1. The lowest BCUT2D eigenvalue weighted by Gasteiger charge is -2.18. The first-order valence-electron chi connectivity index (χ1n) is 6.13. The molecule has 2 unspecified atom stereocenters.